The SMILES string of the molecule is O=C(O)COc1ccccc1/C=C1/SC(=S)N(NC(=O)COc2ccc([N+](=O)[O-])cc2)C1=O. The third kappa shape index (κ3) is 6.27. The van der Waals surface area contributed by atoms with Crippen molar-refractivity contribution in [3.8, 4) is 11.5 Å². The fraction of sp³-hybridized carbons (Fsp3) is 0.100. The van der Waals surface area contributed by atoms with Crippen molar-refractivity contribution >= 4 is 57.8 Å². The molecule has 0 atom stereocenters. The number of thiocarbonyl (C=S) groups is 1. The molecule has 11 nitrogen and oxygen atoms in total. The number of aliphatic carboxylic acids is 1. The van der Waals surface area contributed by atoms with Crippen molar-refractivity contribution in [3.05, 3.63) is 69.1 Å². The van der Waals surface area contributed by atoms with Crippen molar-refractivity contribution in [1.29, 1.82) is 0 Å². The maximum absolute atomic E-state index is 12.7. The van der Waals surface area contributed by atoms with Gasteiger partial charge in [-0.2, -0.15) is 5.01 Å². The lowest BCUT2D eigenvalue weighted by Crippen LogP contribution is -2.46. The predicted octanol–water partition coefficient (Wildman–Crippen LogP) is 2.37. The molecule has 3 rings (SSSR count). The van der Waals surface area contributed by atoms with Gasteiger partial charge in [0.2, 0.25) is 0 Å². The maximum atomic E-state index is 12.7. The second-order valence-corrected chi connectivity index (χ2v) is 7.99. The van der Waals surface area contributed by atoms with E-state index in [2.05, 4.69) is 5.43 Å². The van der Waals surface area contributed by atoms with E-state index in [1.54, 1.807) is 24.3 Å². The van der Waals surface area contributed by atoms with E-state index in [4.69, 9.17) is 26.8 Å². The van der Waals surface area contributed by atoms with E-state index in [9.17, 15) is 24.5 Å². The molecule has 1 aliphatic heterocycles. The Bertz CT molecular complexity index is 1150. The highest BCUT2D eigenvalue weighted by molar-refractivity contribution is 8.26. The highest BCUT2D eigenvalue weighted by Crippen LogP contribution is 2.33. The van der Waals surface area contributed by atoms with Gasteiger partial charge < -0.3 is 14.6 Å². The number of para-hydroxylation sites is 1. The number of carboxylic acids is 1. The van der Waals surface area contributed by atoms with E-state index < -0.39 is 35.9 Å². The lowest BCUT2D eigenvalue weighted by atomic mass is 10.2. The van der Waals surface area contributed by atoms with Crippen LogP contribution >= 0.6 is 24.0 Å². The molecule has 1 fully saturated rings. The number of carboxylic acid groups (broad SMARTS) is 1. The van der Waals surface area contributed by atoms with Gasteiger partial charge in [-0.25, -0.2) is 4.79 Å². The molecule has 0 saturated carbocycles. The molecule has 2 amide bonds. The quantitative estimate of drug-likeness (QED) is 0.233. The number of non-ortho nitro benzene ring substituents is 1. The number of nitrogens with zero attached hydrogens (tertiary/aromatic N) is 2. The molecule has 33 heavy (non-hydrogen) atoms. The van der Waals surface area contributed by atoms with Gasteiger partial charge in [-0.3, -0.25) is 25.1 Å². The van der Waals surface area contributed by atoms with Gasteiger partial charge in [0.05, 0.1) is 9.83 Å². The minimum absolute atomic E-state index is 0.0823. The van der Waals surface area contributed by atoms with Gasteiger partial charge in [-0.1, -0.05) is 30.0 Å². The first-order valence-corrected chi connectivity index (χ1v) is 10.4. The first-order valence-electron chi connectivity index (χ1n) is 9.13. The number of rotatable bonds is 9. The number of hydrogen-bond donors (Lipinski definition) is 2. The van der Waals surface area contributed by atoms with Gasteiger partial charge in [0, 0.05) is 17.7 Å². The normalized spacial score (nSPS) is 14.3. The summed E-state index contributed by atoms with van der Waals surface area (Å²) in [5.74, 6) is -1.89. The monoisotopic (exact) mass is 489 g/mol. The average molecular weight is 489 g/mol. The molecule has 0 bridgehead atoms. The van der Waals surface area contributed by atoms with Crippen LogP contribution in [0.5, 0.6) is 11.5 Å². The summed E-state index contributed by atoms with van der Waals surface area (Å²) in [4.78, 5) is 46.0. The van der Waals surface area contributed by atoms with Crippen LogP contribution in [-0.4, -0.2) is 50.4 Å². The molecule has 2 aromatic rings. The van der Waals surface area contributed by atoms with Crippen LogP contribution in [0.4, 0.5) is 5.69 Å². The zero-order valence-corrected chi connectivity index (χ0v) is 18.3. The Morgan fingerprint density at radius 1 is 1.15 bits per heavy atom. The van der Waals surface area contributed by atoms with Gasteiger partial charge in [0.15, 0.2) is 17.5 Å². The second kappa shape index (κ2) is 10.6. The molecule has 0 radical (unpaired) electrons. The summed E-state index contributed by atoms with van der Waals surface area (Å²) in [6, 6.07) is 11.7. The Hall–Kier alpha value is -3.97. The molecule has 1 saturated heterocycles. The fourth-order valence-electron chi connectivity index (χ4n) is 2.55. The maximum Gasteiger partial charge on any atom is 0.341 e. The number of hydrazine groups is 1. The Labute approximate surface area is 196 Å². The molecule has 2 N–H and O–H groups in total. The molecule has 1 heterocycles. The number of nitro groups is 1. The van der Waals surface area contributed by atoms with E-state index in [0.717, 1.165) is 16.8 Å². The molecular formula is C20H15N3O8S2. The first kappa shape index (κ1) is 23.7. The van der Waals surface area contributed by atoms with Crippen LogP contribution in [0.15, 0.2) is 53.4 Å². The predicted molar refractivity (Wildman–Crippen MR) is 121 cm³/mol. The van der Waals surface area contributed by atoms with Crippen molar-refractivity contribution in [2.45, 2.75) is 0 Å². The zero-order valence-electron chi connectivity index (χ0n) is 16.6. The standard InChI is InChI=1S/C20H15N3O8S2/c24-17(10-30-14-7-5-13(6-8-14)23(28)29)21-22-19(27)16(33-20(22)32)9-12-3-1-2-4-15(12)31-11-18(25)26/h1-9H,10-11H2,(H,21,24)(H,25,26)/b16-9+. The van der Waals surface area contributed by atoms with Crippen LogP contribution in [0.3, 0.4) is 0 Å². The van der Waals surface area contributed by atoms with Gasteiger partial charge in [0.25, 0.3) is 17.5 Å². The number of ether oxygens (including phenoxy) is 2. The lowest BCUT2D eigenvalue weighted by molar-refractivity contribution is -0.384. The Morgan fingerprint density at radius 3 is 2.52 bits per heavy atom. The molecular weight excluding hydrogens is 474 g/mol. The number of thioether (sulfide) groups is 1. The summed E-state index contributed by atoms with van der Waals surface area (Å²) in [5, 5.41) is 20.4. The summed E-state index contributed by atoms with van der Waals surface area (Å²) >= 11 is 6.11. The highest BCUT2D eigenvalue weighted by Gasteiger charge is 2.33. The minimum Gasteiger partial charge on any atom is -0.484 e. The van der Waals surface area contributed by atoms with Crippen molar-refractivity contribution in [2.75, 3.05) is 13.2 Å². The Kier molecular flexibility index (Phi) is 7.58. The number of amides is 2. The number of benzene rings is 2. The summed E-state index contributed by atoms with van der Waals surface area (Å²) in [7, 11) is 0. The lowest BCUT2D eigenvalue weighted by Gasteiger charge is -2.15. The molecule has 0 aromatic heterocycles. The van der Waals surface area contributed by atoms with Crippen LogP contribution in [0.2, 0.25) is 0 Å². The van der Waals surface area contributed by atoms with Crippen molar-refractivity contribution < 1.29 is 33.9 Å². The topological polar surface area (TPSA) is 148 Å². The van der Waals surface area contributed by atoms with E-state index in [1.807, 2.05) is 0 Å². The molecule has 2 aromatic carbocycles. The van der Waals surface area contributed by atoms with Crippen molar-refractivity contribution in [3.63, 3.8) is 0 Å². The van der Waals surface area contributed by atoms with Gasteiger partial charge >= 0.3 is 5.97 Å². The largest absolute Gasteiger partial charge is 0.484 e. The number of carbonyl (C=O) groups is 3. The van der Waals surface area contributed by atoms with E-state index in [-0.39, 0.29) is 26.4 Å². The van der Waals surface area contributed by atoms with Crippen molar-refractivity contribution in [1.82, 2.24) is 10.4 Å². The third-order valence-corrected chi connectivity index (χ3v) is 5.31. The Morgan fingerprint density at radius 2 is 1.85 bits per heavy atom. The van der Waals surface area contributed by atoms with Gasteiger partial charge in [-0.05, 0) is 36.5 Å². The summed E-state index contributed by atoms with van der Waals surface area (Å²) in [6.07, 6.45) is 1.48. The molecule has 170 valence electrons. The molecule has 13 heteroatoms. The van der Waals surface area contributed by atoms with Crippen LogP contribution < -0.4 is 14.9 Å². The number of nitrogens with one attached hydrogen (secondary N) is 1. The van der Waals surface area contributed by atoms with E-state index in [0.29, 0.717) is 5.56 Å². The highest BCUT2D eigenvalue weighted by atomic mass is 32.2. The summed E-state index contributed by atoms with van der Waals surface area (Å²) < 4.78 is 10.6. The van der Waals surface area contributed by atoms with Crippen LogP contribution in [0.1, 0.15) is 5.56 Å². The third-order valence-electron chi connectivity index (χ3n) is 4.00. The van der Waals surface area contributed by atoms with E-state index in [1.165, 1.54) is 30.3 Å². The molecule has 1 aliphatic rings. The number of nitro benzene ring substituents is 1. The second-order valence-electron chi connectivity index (χ2n) is 6.31. The van der Waals surface area contributed by atoms with Crippen LogP contribution in [0, 0.1) is 10.1 Å². The average Bonchev–Trinajstić information content (AvgIpc) is 3.04. The van der Waals surface area contributed by atoms with Crippen molar-refractivity contribution in [2.24, 2.45) is 0 Å². The fourth-order valence-corrected chi connectivity index (χ4v) is 3.72. The molecule has 0 unspecified atom stereocenters. The van der Waals surface area contributed by atoms with E-state index >= 15 is 0 Å². The summed E-state index contributed by atoms with van der Waals surface area (Å²) in [5.41, 5.74) is 2.69. The molecule has 0 spiro atoms. The first-order chi connectivity index (χ1) is 15.7. The smallest absolute Gasteiger partial charge is 0.341 e. The summed E-state index contributed by atoms with van der Waals surface area (Å²) in [6.45, 7) is -1.00. The number of carbonyl (C=O) groups excluding carboxylic acids is 2. The molecule has 0 aliphatic carbocycles. The minimum atomic E-state index is -1.14. The zero-order chi connectivity index (χ0) is 24.0. The van der Waals surface area contributed by atoms with Crippen LogP contribution in [-0.2, 0) is 14.4 Å². The Balaban J connectivity index is 1.62. The van der Waals surface area contributed by atoms with Crippen LogP contribution in [0.25, 0.3) is 6.08 Å². The number of hydrogen-bond acceptors (Lipinski definition) is 9. The van der Waals surface area contributed by atoms with Gasteiger partial charge in [-0.15, -0.1) is 0 Å². The van der Waals surface area contributed by atoms with Gasteiger partial charge in [0.1, 0.15) is 11.5 Å².